The number of carbonyl (C=O) groups is 1. The molecular formula is C13H16BF3KNO2. The van der Waals surface area contributed by atoms with Gasteiger partial charge in [0.1, 0.15) is 6.61 Å². The molecule has 1 aliphatic rings. The molecule has 0 saturated heterocycles. The van der Waals surface area contributed by atoms with Gasteiger partial charge in [0.2, 0.25) is 0 Å². The molecule has 0 unspecified atom stereocenters. The molecule has 21 heavy (non-hydrogen) atoms. The molecule has 1 saturated carbocycles. The second-order valence-electron chi connectivity index (χ2n) is 5.17. The SMILES string of the molecule is O=C(NCC1CC([B-](F)(F)F)C1)OCc1ccccc1.[K+]. The van der Waals surface area contributed by atoms with Crippen molar-refractivity contribution in [2.24, 2.45) is 5.92 Å². The maximum atomic E-state index is 12.3. The fourth-order valence-corrected chi connectivity index (χ4v) is 2.26. The fraction of sp³-hybridized carbons (Fsp3) is 0.462. The molecule has 2 rings (SSSR count). The number of ether oxygens (including phenoxy) is 1. The topological polar surface area (TPSA) is 38.3 Å². The van der Waals surface area contributed by atoms with E-state index in [1.165, 1.54) is 0 Å². The van der Waals surface area contributed by atoms with Crippen molar-refractivity contribution in [2.45, 2.75) is 25.3 Å². The summed E-state index contributed by atoms with van der Waals surface area (Å²) in [6.07, 6.45) is -0.361. The number of hydrogen-bond acceptors (Lipinski definition) is 2. The molecule has 1 aromatic rings. The first kappa shape index (κ1) is 19.0. The van der Waals surface area contributed by atoms with Crippen LogP contribution in [0.2, 0.25) is 5.82 Å². The van der Waals surface area contributed by atoms with Crippen LogP contribution in [0.25, 0.3) is 0 Å². The Kier molecular flexibility index (Phi) is 7.77. The Balaban J connectivity index is 0.00000220. The monoisotopic (exact) mass is 325 g/mol. The first-order valence-corrected chi connectivity index (χ1v) is 6.59. The number of hydrogen-bond donors (Lipinski definition) is 1. The van der Waals surface area contributed by atoms with Crippen LogP contribution in [0.3, 0.4) is 0 Å². The van der Waals surface area contributed by atoms with Crippen molar-refractivity contribution in [3.8, 4) is 0 Å². The molecule has 0 bridgehead atoms. The Morgan fingerprint density at radius 2 is 1.86 bits per heavy atom. The number of halogens is 3. The second kappa shape index (κ2) is 8.57. The summed E-state index contributed by atoms with van der Waals surface area (Å²) in [5, 5.41) is 2.51. The summed E-state index contributed by atoms with van der Waals surface area (Å²) < 4.78 is 42.0. The molecule has 0 radical (unpaired) electrons. The summed E-state index contributed by atoms with van der Waals surface area (Å²) in [4.78, 5) is 11.4. The van der Waals surface area contributed by atoms with Gasteiger partial charge in [0.25, 0.3) is 0 Å². The molecule has 0 aromatic heterocycles. The molecule has 0 spiro atoms. The molecule has 1 amide bonds. The number of carbonyl (C=O) groups excluding carboxylic acids is 1. The minimum Gasteiger partial charge on any atom is -0.449 e. The first-order valence-electron chi connectivity index (χ1n) is 6.59. The zero-order valence-corrected chi connectivity index (χ0v) is 15.0. The van der Waals surface area contributed by atoms with E-state index in [-0.39, 0.29) is 83.3 Å². The van der Waals surface area contributed by atoms with Crippen molar-refractivity contribution in [3.05, 3.63) is 35.9 Å². The molecule has 1 aliphatic carbocycles. The van der Waals surface area contributed by atoms with Crippen LogP contribution in [0.5, 0.6) is 0 Å². The minimum atomic E-state index is -4.72. The Hall–Kier alpha value is -0.0187. The summed E-state index contributed by atoms with van der Waals surface area (Å²) in [6.45, 7) is -4.32. The first-order chi connectivity index (χ1) is 9.45. The number of amides is 1. The average Bonchev–Trinajstić information content (AvgIpc) is 2.34. The smallest absolute Gasteiger partial charge is 0.449 e. The van der Waals surface area contributed by atoms with Gasteiger partial charge in [0.15, 0.2) is 0 Å². The molecule has 0 aliphatic heterocycles. The van der Waals surface area contributed by atoms with Gasteiger partial charge in [-0.3, -0.25) is 0 Å². The average molecular weight is 325 g/mol. The van der Waals surface area contributed by atoms with E-state index < -0.39 is 18.9 Å². The second-order valence-corrected chi connectivity index (χ2v) is 5.17. The van der Waals surface area contributed by atoms with Crippen molar-refractivity contribution < 1.29 is 73.9 Å². The van der Waals surface area contributed by atoms with Gasteiger partial charge in [-0.25, -0.2) is 4.79 Å². The largest absolute Gasteiger partial charge is 1.00 e. The van der Waals surface area contributed by atoms with E-state index in [0.717, 1.165) is 5.56 Å². The molecule has 1 aromatic carbocycles. The van der Waals surface area contributed by atoms with E-state index in [4.69, 9.17) is 4.74 Å². The van der Waals surface area contributed by atoms with Gasteiger partial charge in [-0.15, -0.1) is 0 Å². The summed E-state index contributed by atoms with van der Waals surface area (Å²) in [7, 11) is 0. The van der Waals surface area contributed by atoms with E-state index in [0.29, 0.717) is 0 Å². The van der Waals surface area contributed by atoms with Crippen molar-refractivity contribution >= 4 is 13.1 Å². The maximum absolute atomic E-state index is 12.3. The van der Waals surface area contributed by atoms with Crippen molar-refractivity contribution in [2.75, 3.05) is 6.54 Å². The van der Waals surface area contributed by atoms with Crippen LogP contribution in [-0.2, 0) is 11.3 Å². The van der Waals surface area contributed by atoms with E-state index in [1.807, 2.05) is 30.3 Å². The third kappa shape index (κ3) is 6.32. The van der Waals surface area contributed by atoms with Crippen LogP contribution >= 0.6 is 0 Å². The van der Waals surface area contributed by atoms with Crippen LogP contribution < -0.4 is 56.7 Å². The van der Waals surface area contributed by atoms with Crippen LogP contribution in [-0.4, -0.2) is 19.6 Å². The summed E-state index contributed by atoms with van der Waals surface area (Å²) in [6, 6.07) is 9.19. The molecule has 0 heterocycles. The quantitative estimate of drug-likeness (QED) is 0.803. The summed E-state index contributed by atoms with van der Waals surface area (Å²) in [5.41, 5.74) is 0.867. The standard InChI is InChI=1S/C13H16BF3NO2.K/c15-14(16,17)12-6-11(7-12)8-18-13(19)20-9-10-4-2-1-3-5-10;/h1-5,11-12H,6-9H2,(H,18,19);/q-1;+1. The van der Waals surface area contributed by atoms with E-state index in [2.05, 4.69) is 5.32 Å². The molecule has 1 fully saturated rings. The van der Waals surface area contributed by atoms with E-state index in [1.54, 1.807) is 0 Å². The van der Waals surface area contributed by atoms with E-state index in [9.17, 15) is 17.7 Å². The number of nitrogens with one attached hydrogen (secondary N) is 1. The van der Waals surface area contributed by atoms with Crippen molar-refractivity contribution in [3.63, 3.8) is 0 Å². The zero-order chi connectivity index (χ0) is 14.6. The molecule has 0 atom stereocenters. The Morgan fingerprint density at radius 1 is 1.24 bits per heavy atom. The zero-order valence-electron chi connectivity index (χ0n) is 11.9. The number of rotatable bonds is 5. The predicted molar refractivity (Wildman–Crippen MR) is 70.2 cm³/mol. The van der Waals surface area contributed by atoms with Gasteiger partial charge in [0.05, 0.1) is 0 Å². The van der Waals surface area contributed by atoms with Gasteiger partial charge in [-0.2, -0.15) is 0 Å². The number of benzene rings is 1. The van der Waals surface area contributed by atoms with Gasteiger partial charge < -0.3 is 23.0 Å². The molecule has 8 heteroatoms. The third-order valence-corrected chi connectivity index (χ3v) is 3.55. The fourth-order valence-electron chi connectivity index (χ4n) is 2.26. The molecule has 3 nitrogen and oxygen atoms in total. The normalized spacial score (nSPS) is 20.9. The molecule has 110 valence electrons. The minimum absolute atomic E-state index is 0. The van der Waals surface area contributed by atoms with E-state index >= 15 is 0 Å². The van der Waals surface area contributed by atoms with Gasteiger partial charge in [-0.1, -0.05) is 49.0 Å². The van der Waals surface area contributed by atoms with Gasteiger partial charge in [0, 0.05) is 6.54 Å². The maximum Gasteiger partial charge on any atom is 1.00 e. The Bertz CT molecular complexity index is 452. The third-order valence-electron chi connectivity index (χ3n) is 3.55. The van der Waals surface area contributed by atoms with Crippen LogP contribution in [0.4, 0.5) is 17.7 Å². The predicted octanol–water partition coefficient (Wildman–Crippen LogP) is 0.544. The van der Waals surface area contributed by atoms with Crippen molar-refractivity contribution in [1.29, 1.82) is 0 Å². The number of alkyl carbamates (subject to hydrolysis) is 1. The van der Waals surface area contributed by atoms with Gasteiger partial charge in [-0.05, 0) is 11.5 Å². The van der Waals surface area contributed by atoms with Crippen molar-refractivity contribution in [1.82, 2.24) is 5.32 Å². The van der Waals surface area contributed by atoms with Crippen LogP contribution in [0.15, 0.2) is 30.3 Å². The molecule has 1 N–H and O–H groups in total. The Labute approximate surface area is 164 Å². The molecular weight excluding hydrogens is 309 g/mol. The summed E-state index contributed by atoms with van der Waals surface area (Å²) in [5.74, 6) is -1.24. The van der Waals surface area contributed by atoms with Gasteiger partial charge >= 0.3 is 64.5 Å². The van der Waals surface area contributed by atoms with Crippen LogP contribution in [0.1, 0.15) is 18.4 Å². The summed E-state index contributed by atoms with van der Waals surface area (Å²) >= 11 is 0. The Morgan fingerprint density at radius 3 is 2.43 bits per heavy atom. The van der Waals surface area contributed by atoms with Crippen LogP contribution in [0, 0.1) is 5.92 Å².